The van der Waals surface area contributed by atoms with Gasteiger partial charge in [-0.3, -0.25) is 0 Å². The van der Waals surface area contributed by atoms with Crippen LogP contribution in [0, 0.1) is 11.3 Å². The van der Waals surface area contributed by atoms with E-state index in [1.165, 1.54) is 25.0 Å². The van der Waals surface area contributed by atoms with Crippen LogP contribution >= 0.6 is 0 Å². The topological polar surface area (TPSA) is 21.3 Å². The predicted molar refractivity (Wildman–Crippen MR) is 71.6 cm³/mol. The van der Waals surface area contributed by atoms with Gasteiger partial charge in [-0.25, -0.2) is 0 Å². The number of nitrogens with one attached hydrogen (secondary N) is 1. The van der Waals surface area contributed by atoms with Crippen molar-refractivity contribution in [2.24, 2.45) is 11.3 Å². The van der Waals surface area contributed by atoms with Crippen LogP contribution in [0.1, 0.15) is 25.3 Å². The summed E-state index contributed by atoms with van der Waals surface area (Å²) in [5, 5.41) is 3.22. The Bertz CT molecular complexity index is 439. The van der Waals surface area contributed by atoms with E-state index in [0.717, 1.165) is 18.5 Å². The molecule has 112 valence electrons. The monoisotopic (exact) mass is 287 g/mol. The molecule has 0 spiro atoms. The van der Waals surface area contributed by atoms with E-state index in [9.17, 15) is 13.2 Å². The molecule has 1 aliphatic rings. The van der Waals surface area contributed by atoms with Gasteiger partial charge in [0.15, 0.2) is 0 Å². The zero-order chi connectivity index (χ0) is 14.8. The summed E-state index contributed by atoms with van der Waals surface area (Å²) in [5.74, 6) is 0.545. The molecule has 2 nitrogen and oxygen atoms in total. The molecule has 1 N–H and O–H groups in total. The van der Waals surface area contributed by atoms with Crippen LogP contribution in [0.15, 0.2) is 24.3 Å². The first-order valence-electron chi connectivity index (χ1n) is 6.82. The van der Waals surface area contributed by atoms with E-state index in [1.54, 1.807) is 12.1 Å². The van der Waals surface area contributed by atoms with E-state index in [1.807, 2.05) is 7.05 Å². The third kappa shape index (κ3) is 4.13. The molecule has 1 atom stereocenters. The summed E-state index contributed by atoms with van der Waals surface area (Å²) in [6, 6.07) is 6.21. The minimum absolute atomic E-state index is 0.164. The average Bonchev–Trinajstić information content (AvgIpc) is 3.14. The predicted octanol–water partition coefficient (Wildman–Crippen LogP) is 3.76. The Labute approximate surface area is 117 Å². The van der Waals surface area contributed by atoms with Gasteiger partial charge in [0.05, 0.1) is 0 Å². The molecule has 1 unspecified atom stereocenters. The highest BCUT2D eigenvalue weighted by Crippen LogP contribution is 2.47. The Hall–Kier alpha value is -1.23. The molecule has 20 heavy (non-hydrogen) atoms. The summed E-state index contributed by atoms with van der Waals surface area (Å²) in [4.78, 5) is 0. The van der Waals surface area contributed by atoms with E-state index < -0.39 is 6.36 Å². The fourth-order valence-electron chi connectivity index (χ4n) is 2.81. The number of benzene rings is 1. The van der Waals surface area contributed by atoms with E-state index in [0.29, 0.717) is 5.92 Å². The van der Waals surface area contributed by atoms with Crippen molar-refractivity contribution in [1.82, 2.24) is 5.32 Å². The molecule has 0 saturated heterocycles. The largest absolute Gasteiger partial charge is 0.573 e. The Morgan fingerprint density at radius 1 is 1.20 bits per heavy atom. The molecule has 0 bridgehead atoms. The molecule has 1 fully saturated rings. The second-order valence-corrected chi connectivity index (χ2v) is 5.83. The van der Waals surface area contributed by atoms with E-state index >= 15 is 0 Å². The number of hydrogen-bond donors (Lipinski definition) is 1. The quantitative estimate of drug-likeness (QED) is 0.860. The van der Waals surface area contributed by atoms with Crippen molar-refractivity contribution in [1.29, 1.82) is 0 Å². The molecule has 0 radical (unpaired) electrons. The molecule has 1 aliphatic carbocycles. The van der Waals surface area contributed by atoms with Crippen molar-refractivity contribution >= 4 is 0 Å². The maximum Gasteiger partial charge on any atom is 0.573 e. The lowest BCUT2D eigenvalue weighted by Crippen LogP contribution is -2.33. The summed E-state index contributed by atoms with van der Waals surface area (Å²) in [7, 11) is 1.93. The van der Waals surface area contributed by atoms with Crippen LogP contribution in [0.2, 0.25) is 0 Å². The molecule has 5 heteroatoms. The second kappa shape index (κ2) is 5.64. The first kappa shape index (κ1) is 15.2. The molecule has 0 aliphatic heterocycles. The van der Waals surface area contributed by atoms with Crippen LogP contribution in [0.4, 0.5) is 13.2 Å². The number of ether oxygens (including phenoxy) is 1. The third-order valence-corrected chi connectivity index (χ3v) is 3.91. The van der Waals surface area contributed by atoms with Gasteiger partial charge in [0.1, 0.15) is 5.75 Å². The molecule has 1 saturated carbocycles. The lowest BCUT2D eigenvalue weighted by atomic mass is 9.79. The van der Waals surface area contributed by atoms with Crippen molar-refractivity contribution in [3.63, 3.8) is 0 Å². The Kier molecular flexibility index (Phi) is 4.28. The maximum absolute atomic E-state index is 12.1. The van der Waals surface area contributed by atoms with Gasteiger partial charge in [0, 0.05) is 6.54 Å². The van der Waals surface area contributed by atoms with Crippen LogP contribution < -0.4 is 10.1 Å². The van der Waals surface area contributed by atoms with E-state index in [2.05, 4.69) is 17.0 Å². The molecule has 0 amide bonds. The number of hydrogen-bond acceptors (Lipinski definition) is 2. The van der Waals surface area contributed by atoms with Crippen molar-refractivity contribution in [3.8, 4) is 5.75 Å². The summed E-state index contributed by atoms with van der Waals surface area (Å²) in [6.45, 7) is 3.15. The van der Waals surface area contributed by atoms with Gasteiger partial charge in [-0.2, -0.15) is 0 Å². The SMILES string of the molecule is CNCC(C)(Cc1ccc(OC(F)(F)F)cc1)C1CC1. The van der Waals surface area contributed by atoms with Crippen LogP contribution in [-0.4, -0.2) is 20.0 Å². The second-order valence-electron chi connectivity index (χ2n) is 5.83. The Morgan fingerprint density at radius 2 is 1.80 bits per heavy atom. The van der Waals surface area contributed by atoms with Gasteiger partial charge in [0.2, 0.25) is 0 Å². The Balaban J connectivity index is 2.02. The maximum atomic E-state index is 12.1. The molecule has 1 aromatic carbocycles. The van der Waals surface area contributed by atoms with E-state index in [4.69, 9.17) is 0 Å². The van der Waals surface area contributed by atoms with Gasteiger partial charge in [-0.15, -0.1) is 13.2 Å². The smallest absolute Gasteiger partial charge is 0.406 e. The summed E-state index contributed by atoms with van der Waals surface area (Å²) >= 11 is 0. The van der Waals surface area contributed by atoms with Gasteiger partial charge < -0.3 is 10.1 Å². The lowest BCUT2D eigenvalue weighted by molar-refractivity contribution is -0.274. The van der Waals surface area contributed by atoms with Crippen molar-refractivity contribution in [2.45, 2.75) is 32.5 Å². The van der Waals surface area contributed by atoms with Gasteiger partial charge in [0.25, 0.3) is 0 Å². The molecule has 0 aromatic heterocycles. The fourth-order valence-corrected chi connectivity index (χ4v) is 2.81. The minimum atomic E-state index is -4.63. The van der Waals surface area contributed by atoms with Crippen LogP contribution in [0.3, 0.4) is 0 Å². The lowest BCUT2D eigenvalue weighted by Gasteiger charge is -2.29. The van der Waals surface area contributed by atoms with Gasteiger partial charge in [-0.05, 0) is 55.3 Å². The van der Waals surface area contributed by atoms with Crippen LogP contribution in [-0.2, 0) is 6.42 Å². The highest BCUT2D eigenvalue weighted by molar-refractivity contribution is 5.28. The first-order valence-corrected chi connectivity index (χ1v) is 6.82. The molecular weight excluding hydrogens is 267 g/mol. The van der Waals surface area contributed by atoms with Crippen molar-refractivity contribution < 1.29 is 17.9 Å². The van der Waals surface area contributed by atoms with Crippen LogP contribution in [0.25, 0.3) is 0 Å². The summed E-state index contributed by atoms with van der Waals surface area (Å²) < 4.78 is 40.2. The molecular formula is C15H20F3NO. The third-order valence-electron chi connectivity index (χ3n) is 3.91. The van der Waals surface area contributed by atoms with E-state index in [-0.39, 0.29) is 11.2 Å². The number of halogens is 3. The molecule has 0 heterocycles. The highest BCUT2D eigenvalue weighted by atomic mass is 19.4. The zero-order valence-corrected chi connectivity index (χ0v) is 11.8. The average molecular weight is 287 g/mol. The number of alkyl halides is 3. The minimum Gasteiger partial charge on any atom is -0.406 e. The van der Waals surface area contributed by atoms with Crippen molar-refractivity contribution in [3.05, 3.63) is 29.8 Å². The standard InChI is InChI=1S/C15H20F3NO/c1-14(10-19-2,12-5-6-12)9-11-3-7-13(8-4-11)20-15(16,17)18/h3-4,7-8,12,19H,5-6,9-10H2,1-2H3. The summed E-state index contributed by atoms with van der Waals surface area (Å²) in [6.07, 6.45) is -1.28. The zero-order valence-electron chi connectivity index (χ0n) is 11.8. The van der Waals surface area contributed by atoms with Crippen LogP contribution in [0.5, 0.6) is 5.75 Å². The Morgan fingerprint density at radius 3 is 2.25 bits per heavy atom. The summed E-state index contributed by atoms with van der Waals surface area (Å²) in [5.41, 5.74) is 1.21. The van der Waals surface area contributed by atoms with Crippen molar-refractivity contribution in [2.75, 3.05) is 13.6 Å². The molecule has 2 rings (SSSR count). The molecule has 1 aromatic rings. The number of rotatable bonds is 6. The highest BCUT2D eigenvalue weighted by Gasteiger charge is 2.40. The normalized spacial score (nSPS) is 18.6. The fraction of sp³-hybridized carbons (Fsp3) is 0.600. The first-order chi connectivity index (χ1) is 9.32. The van der Waals surface area contributed by atoms with Gasteiger partial charge in [-0.1, -0.05) is 19.1 Å². The van der Waals surface area contributed by atoms with Gasteiger partial charge >= 0.3 is 6.36 Å².